The Kier molecular flexibility index (Phi) is 6.52. The predicted molar refractivity (Wildman–Crippen MR) is 116 cm³/mol. The van der Waals surface area contributed by atoms with Gasteiger partial charge in [-0.3, -0.25) is 4.79 Å². The van der Waals surface area contributed by atoms with Crippen molar-refractivity contribution in [3.63, 3.8) is 0 Å². The number of carbonyl (C=O) groups excluding carboxylic acids is 1. The maximum absolute atomic E-state index is 12.7. The lowest BCUT2D eigenvalue weighted by molar-refractivity contribution is -0.118. The van der Waals surface area contributed by atoms with E-state index in [1.54, 1.807) is 32.0 Å². The highest BCUT2D eigenvalue weighted by Crippen LogP contribution is 2.29. The Labute approximate surface area is 182 Å². The molecule has 3 rings (SSSR count). The number of nitrogens with one attached hydrogen (secondary N) is 1. The molecule has 1 heterocycles. The van der Waals surface area contributed by atoms with Crippen LogP contribution in [0.2, 0.25) is 10.0 Å². The Hall–Kier alpha value is -2.07. The molecular weight excluding hydrogens is 457 g/mol. The van der Waals surface area contributed by atoms with E-state index < -0.39 is 10.1 Å². The van der Waals surface area contributed by atoms with Crippen molar-refractivity contribution >= 4 is 62.4 Å². The van der Waals surface area contributed by atoms with Crippen LogP contribution in [0.3, 0.4) is 0 Å². The van der Waals surface area contributed by atoms with Crippen LogP contribution in [-0.2, 0) is 14.9 Å². The van der Waals surface area contributed by atoms with E-state index in [1.807, 2.05) is 0 Å². The van der Waals surface area contributed by atoms with E-state index in [9.17, 15) is 13.2 Å². The Morgan fingerprint density at radius 3 is 2.62 bits per heavy atom. The minimum absolute atomic E-state index is 0.101. The molecule has 1 fully saturated rings. The minimum Gasteiger partial charge on any atom is -0.378 e. The van der Waals surface area contributed by atoms with Crippen LogP contribution in [0.15, 0.2) is 51.5 Å². The first kappa shape index (κ1) is 21.6. The van der Waals surface area contributed by atoms with Crippen LogP contribution in [0.5, 0.6) is 5.75 Å². The topological polar surface area (TPSA) is 97.2 Å². The molecule has 2 aromatic carbocycles. The molecule has 29 heavy (non-hydrogen) atoms. The number of hydrogen-bond acceptors (Lipinski definition) is 7. The highest BCUT2D eigenvalue weighted by molar-refractivity contribution is 8.15. The molecule has 0 radical (unpaired) electrons. The summed E-state index contributed by atoms with van der Waals surface area (Å²) in [4.78, 5) is 11.4. The van der Waals surface area contributed by atoms with Crippen molar-refractivity contribution in [1.29, 1.82) is 0 Å². The van der Waals surface area contributed by atoms with E-state index in [2.05, 4.69) is 15.5 Å². The third-order valence-corrected chi connectivity index (χ3v) is 6.78. The lowest BCUT2D eigenvalue weighted by atomic mass is 10.1. The molecule has 7 nitrogen and oxygen atoms in total. The van der Waals surface area contributed by atoms with Gasteiger partial charge in [0.15, 0.2) is 10.9 Å². The highest BCUT2D eigenvalue weighted by Gasteiger charge is 2.25. The van der Waals surface area contributed by atoms with Gasteiger partial charge < -0.3 is 9.50 Å². The number of aryl methyl sites for hydroxylation is 1. The van der Waals surface area contributed by atoms with Gasteiger partial charge in [-0.2, -0.15) is 13.5 Å². The molecule has 1 aliphatic heterocycles. The zero-order valence-corrected chi connectivity index (χ0v) is 18.4. The summed E-state index contributed by atoms with van der Waals surface area (Å²) >= 11 is 13.0. The first-order valence-electron chi connectivity index (χ1n) is 8.25. The number of amides is 1. The van der Waals surface area contributed by atoms with Crippen molar-refractivity contribution in [3.8, 4) is 5.75 Å². The number of carbonyl (C=O) groups is 1. The molecule has 2 aromatic rings. The maximum atomic E-state index is 12.7. The van der Waals surface area contributed by atoms with Crippen molar-refractivity contribution in [2.24, 2.45) is 10.2 Å². The summed E-state index contributed by atoms with van der Waals surface area (Å²) in [6, 6.07) is 8.99. The van der Waals surface area contributed by atoms with Crippen LogP contribution in [-0.4, -0.2) is 31.0 Å². The van der Waals surface area contributed by atoms with E-state index in [4.69, 9.17) is 27.4 Å². The molecule has 1 atom stereocenters. The molecule has 1 saturated heterocycles. The third-order valence-electron chi connectivity index (χ3n) is 3.85. The summed E-state index contributed by atoms with van der Waals surface area (Å²) in [5.74, 6) is -0.0322. The first-order valence-corrected chi connectivity index (χ1v) is 11.3. The second-order valence-electron chi connectivity index (χ2n) is 6.01. The van der Waals surface area contributed by atoms with Gasteiger partial charge in [0.1, 0.15) is 4.90 Å². The van der Waals surface area contributed by atoms with Crippen LogP contribution >= 0.6 is 35.0 Å². The summed E-state index contributed by atoms with van der Waals surface area (Å²) in [5, 5.41) is 10.9. The number of rotatable bonds is 5. The molecule has 1 N–H and O–H groups in total. The fourth-order valence-corrected chi connectivity index (χ4v) is 4.49. The van der Waals surface area contributed by atoms with Crippen LogP contribution in [0.25, 0.3) is 0 Å². The fourth-order valence-electron chi connectivity index (χ4n) is 2.33. The zero-order chi connectivity index (χ0) is 21.2. The smallest absolute Gasteiger partial charge is 0.339 e. The number of hydrogen-bond donors (Lipinski definition) is 1. The van der Waals surface area contributed by atoms with Crippen molar-refractivity contribution in [1.82, 2.24) is 5.32 Å². The van der Waals surface area contributed by atoms with Gasteiger partial charge in [0.2, 0.25) is 5.91 Å². The lowest BCUT2D eigenvalue weighted by Gasteiger charge is -2.12. The molecule has 11 heteroatoms. The SMILES string of the molecule is Cc1cccc(/C=N/N=C2/NC(=O)C(C)S2)c1OS(=O)(=O)c1ccc(Cl)c(Cl)c1. The molecule has 0 bridgehead atoms. The average molecular weight is 472 g/mol. The molecule has 1 unspecified atom stereocenters. The van der Waals surface area contributed by atoms with Gasteiger partial charge in [0.05, 0.1) is 21.5 Å². The van der Waals surface area contributed by atoms with Gasteiger partial charge in [-0.25, -0.2) is 0 Å². The van der Waals surface area contributed by atoms with E-state index in [0.717, 1.165) is 0 Å². The number of halogens is 2. The molecule has 0 aliphatic carbocycles. The second-order valence-corrected chi connectivity index (χ2v) is 9.70. The van der Waals surface area contributed by atoms with Gasteiger partial charge in [-0.05, 0) is 43.7 Å². The van der Waals surface area contributed by atoms with Gasteiger partial charge >= 0.3 is 10.1 Å². The van der Waals surface area contributed by atoms with Gasteiger partial charge in [0.25, 0.3) is 0 Å². The second kappa shape index (κ2) is 8.74. The third kappa shape index (κ3) is 5.11. The summed E-state index contributed by atoms with van der Waals surface area (Å²) in [5.41, 5.74) is 0.989. The average Bonchev–Trinajstić information content (AvgIpc) is 2.97. The Bertz CT molecular complexity index is 1130. The van der Waals surface area contributed by atoms with Gasteiger partial charge in [-0.15, -0.1) is 5.10 Å². The maximum Gasteiger partial charge on any atom is 0.339 e. The first-order chi connectivity index (χ1) is 13.7. The van der Waals surface area contributed by atoms with Crippen molar-refractivity contribution in [3.05, 3.63) is 57.6 Å². The van der Waals surface area contributed by atoms with Crippen LogP contribution in [0.4, 0.5) is 0 Å². The predicted octanol–water partition coefficient (Wildman–Crippen LogP) is 4.01. The van der Waals surface area contributed by atoms with E-state index >= 15 is 0 Å². The molecule has 1 aliphatic rings. The van der Waals surface area contributed by atoms with E-state index in [0.29, 0.717) is 16.3 Å². The number of amidine groups is 1. The Balaban J connectivity index is 1.88. The minimum atomic E-state index is -4.15. The highest BCUT2D eigenvalue weighted by atomic mass is 35.5. The van der Waals surface area contributed by atoms with Gasteiger partial charge in [-0.1, -0.05) is 47.1 Å². The Morgan fingerprint density at radius 1 is 1.21 bits per heavy atom. The molecule has 152 valence electrons. The monoisotopic (exact) mass is 471 g/mol. The molecule has 0 aromatic heterocycles. The largest absolute Gasteiger partial charge is 0.378 e. The number of benzene rings is 2. The fraction of sp³-hybridized carbons (Fsp3) is 0.167. The summed E-state index contributed by atoms with van der Waals surface area (Å²) in [6.07, 6.45) is 1.36. The lowest BCUT2D eigenvalue weighted by Crippen LogP contribution is -2.23. The Morgan fingerprint density at radius 2 is 1.97 bits per heavy atom. The molecule has 1 amide bonds. The summed E-state index contributed by atoms with van der Waals surface area (Å²) in [7, 11) is -4.15. The van der Waals surface area contributed by atoms with Crippen molar-refractivity contribution in [2.45, 2.75) is 24.0 Å². The quantitative estimate of drug-likeness (QED) is 0.403. The van der Waals surface area contributed by atoms with Crippen molar-refractivity contribution in [2.75, 3.05) is 0 Å². The van der Waals surface area contributed by atoms with Crippen molar-refractivity contribution < 1.29 is 17.4 Å². The molecular formula is C18H15Cl2N3O4S2. The number of para-hydroxylation sites is 1. The summed E-state index contributed by atoms with van der Waals surface area (Å²) < 4.78 is 30.7. The van der Waals surface area contributed by atoms with Crippen LogP contribution in [0, 0.1) is 6.92 Å². The van der Waals surface area contributed by atoms with Crippen LogP contribution in [0.1, 0.15) is 18.1 Å². The van der Waals surface area contributed by atoms with E-state index in [-0.39, 0.29) is 31.8 Å². The molecule has 0 spiro atoms. The standard InChI is InChI=1S/C18H15Cl2N3O4S2/c1-10-4-3-5-12(9-21-23-18-22-17(24)11(2)28-18)16(10)27-29(25,26)13-6-7-14(19)15(20)8-13/h3-9,11H,1-2H3,(H,22,23,24)/b21-9+. The number of nitrogens with zero attached hydrogens (tertiary/aromatic N) is 2. The zero-order valence-electron chi connectivity index (χ0n) is 15.2. The summed E-state index contributed by atoms with van der Waals surface area (Å²) in [6.45, 7) is 3.46. The van der Waals surface area contributed by atoms with Gasteiger partial charge in [0, 0.05) is 5.56 Å². The van der Waals surface area contributed by atoms with Crippen LogP contribution < -0.4 is 9.50 Å². The molecule has 0 saturated carbocycles. The van der Waals surface area contributed by atoms with E-state index in [1.165, 1.54) is 36.2 Å². The normalized spacial score (nSPS) is 18.4. The number of thioether (sulfide) groups is 1.